The van der Waals surface area contributed by atoms with Crippen molar-refractivity contribution in [3.8, 4) is 0 Å². The summed E-state index contributed by atoms with van der Waals surface area (Å²) >= 11 is 0. The molecule has 6 atom stereocenters. The van der Waals surface area contributed by atoms with E-state index in [1.54, 1.807) is 0 Å². The lowest BCUT2D eigenvalue weighted by atomic mass is 10.0. The van der Waals surface area contributed by atoms with Crippen LogP contribution in [0, 0.1) is 29.6 Å². The Morgan fingerprint density at radius 1 is 0.628 bits per heavy atom. The minimum absolute atomic E-state index is 0.0348. The summed E-state index contributed by atoms with van der Waals surface area (Å²) in [5.74, 6) is -1.20. The summed E-state index contributed by atoms with van der Waals surface area (Å²) in [6, 6.07) is 0.212. The van der Waals surface area contributed by atoms with Crippen LogP contribution in [0.2, 0.25) is 0 Å². The number of rotatable bonds is 7. The Bertz CT molecular complexity index is 935. The zero-order valence-corrected chi connectivity index (χ0v) is 27.4. The number of carbonyl (C=O) groups excluding carboxylic acids is 4. The summed E-state index contributed by atoms with van der Waals surface area (Å²) in [6.07, 6.45) is 7.98. The average Bonchev–Trinajstić information content (AvgIpc) is 3.63. The smallest absolute Gasteiger partial charge is 0.308 e. The van der Waals surface area contributed by atoms with Gasteiger partial charge >= 0.3 is 29.8 Å². The van der Waals surface area contributed by atoms with E-state index in [0.29, 0.717) is 25.7 Å². The van der Waals surface area contributed by atoms with Crippen molar-refractivity contribution in [2.75, 3.05) is 14.2 Å². The molecule has 3 aliphatic carbocycles. The fourth-order valence-corrected chi connectivity index (χ4v) is 5.76. The molecule has 0 unspecified atom stereocenters. The number of carboxylic acids is 1. The topological polar surface area (TPSA) is 169 Å². The molecule has 0 aliphatic heterocycles. The highest BCUT2D eigenvalue weighted by Gasteiger charge is 2.33. The molecule has 0 aromatic carbocycles. The van der Waals surface area contributed by atoms with Crippen molar-refractivity contribution in [2.24, 2.45) is 35.3 Å². The SMILES string of the molecule is CC(C)(C)OC(=O)C[C@@H]1CC[C@@H](C(=O)O)C1.COC(=O)[C@@H]1CC[C@@H](CC(=O)OC(C)(C)C)C1.COC(=O)[C@@H]1CC[C@@H](N)C1. The molecular formula is C32H55NO10. The molecule has 11 nitrogen and oxygen atoms in total. The van der Waals surface area contributed by atoms with Crippen LogP contribution in [0.1, 0.15) is 112 Å². The van der Waals surface area contributed by atoms with Crippen molar-refractivity contribution in [3.63, 3.8) is 0 Å². The lowest BCUT2D eigenvalue weighted by Crippen LogP contribution is -2.25. The van der Waals surface area contributed by atoms with Gasteiger partial charge in [0.15, 0.2) is 0 Å². The molecule has 248 valence electrons. The van der Waals surface area contributed by atoms with E-state index in [2.05, 4.69) is 4.74 Å². The second kappa shape index (κ2) is 17.6. The highest BCUT2D eigenvalue weighted by atomic mass is 16.6. The molecule has 0 spiro atoms. The molecule has 0 aromatic heterocycles. The van der Waals surface area contributed by atoms with Crippen molar-refractivity contribution < 1.29 is 48.0 Å². The van der Waals surface area contributed by atoms with Crippen LogP contribution in [0.5, 0.6) is 0 Å². The fraction of sp³-hybridized carbons (Fsp3) is 0.844. The van der Waals surface area contributed by atoms with Gasteiger partial charge in [-0.1, -0.05) is 0 Å². The highest BCUT2D eigenvalue weighted by Crippen LogP contribution is 2.35. The van der Waals surface area contributed by atoms with Crippen molar-refractivity contribution in [2.45, 2.75) is 129 Å². The van der Waals surface area contributed by atoms with E-state index < -0.39 is 17.2 Å². The molecule has 3 rings (SSSR count). The first-order chi connectivity index (χ1) is 19.8. The summed E-state index contributed by atoms with van der Waals surface area (Å²) in [6.45, 7) is 11.1. The molecule has 43 heavy (non-hydrogen) atoms. The van der Waals surface area contributed by atoms with Gasteiger partial charge in [-0.25, -0.2) is 0 Å². The standard InChI is InChI=1S/C13H22O4.C12H20O4.C7H13NO2/c1-13(2,3)17-11(14)8-9-5-6-10(7-9)12(15)16-4;1-12(2,3)16-10(13)7-8-4-5-9(6-8)11(14)15;1-10-7(9)5-2-3-6(8)4-5/h9-10H,5-8H2,1-4H3;8-9H,4-7H2,1-3H3,(H,14,15);5-6H,2-4,8H2,1H3/t9-,10-;8-,9-;5-,6-/m111/s1. The molecule has 11 heteroatoms. The Balaban J connectivity index is 0.000000333. The lowest BCUT2D eigenvalue weighted by molar-refractivity contribution is -0.157. The Hall–Kier alpha value is -2.69. The van der Waals surface area contributed by atoms with Crippen LogP contribution in [0.25, 0.3) is 0 Å². The number of carboxylic acid groups (broad SMARTS) is 1. The van der Waals surface area contributed by atoms with Gasteiger partial charge in [-0.05, 0) is 111 Å². The Kier molecular flexibility index (Phi) is 15.7. The predicted octanol–water partition coefficient (Wildman–Crippen LogP) is 4.81. The van der Waals surface area contributed by atoms with Gasteiger partial charge in [0.1, 0.15) is 11.2 Å². The molecule has 3 fully saturated rings. The molecule has 0 heterocycles. The van der Waals surface area contributed by atoms with Crippen LogP contribution < -0.4 is 5.73 Å². The number of hydrogen-bond donors (Lipinski definition) is 2. The normalized spacial score (nSPS) is 26.6. The third-order valence-corrected chi connectivity index (χ3v) is 7.72. The van der Waals surface area contributed by atoms with E-state index in [1.165, 1.54) is 14.2 Å². The first-order valence-corrected chi connectivity index (χ1v) is 15.4. The largest absolute Gasteiger partial charge is 0.481 e. The van der Waals surface area contributed by atoms with Crippen LogP contribution in [0.4, 0.5) is 0 Å². The quantitative estimate of drug-likeness (QED) is 0.298. The van der Waals surface area contributed by atoms with Crippen LogP contribution in [-0.4, -0.2) is 66.4 Å². The third-order valence-electron chi connectivity index (χ3n) is 7.72. The molecule has 3 N–H and O–H groups in total. The molecule has 0 amide bonds. The van der Waals surface area contributed by atoms with Gasteiger partial charge in [0.2, 0.25) is 0 Å². The van der Waals surface area contributed by atoms with Crippen LogP contribution in [0.15, 0.2) is 0 Å². The molecule has 0 radical (unpaired) electrons. The van der Waals surface area contributed by atoms with Crippen LogP contribution in [0.3, 0.4) is 0 Å². The van der Waals surface area contributed by atoms with Crippen molar-refractivity contribution in [1.29, 1.82) is 0 Å². The summed E-state index contributed by atoms with van der Waals surface area (Å²) in [5.41, 5.74) is 4.72. The molecule has 3 saturated carbocycles. The number of hydrogen-bond acceptors (Lipinski definition) is 10. The first kappa shape index (κ1) is 38.3. The minimum atomic E-state index is -0.744. The highest BCUT2D eigenvalue weighted by molar-refractivity contribution is 5.74. The monoisotopic (exact) mass is 613 g/mol. The van der Waals surface area contributed by atoms with Gasteiger partial charge in [0, 0.05) is 18.9 Å². The Morgan fingerprint density at radius 2 is 1.00 bits per heavy atom. The van der Waals surface area contributed by atoms with Gasteiger partial charge in [0.25, 0.3) is 0 Å². The molecule has 0 saturated heterocycles. The van der Waals surface area contributed by atoms with E-state index >= 15 is 0 Å². The first-order valence-electron chi connectivity index (χ1n) is 15.4. The second-order valence-corrected chi connectivity index (χ2v) is 14.0. The molecule has 0 bridgehead atoms. The van der Waals surface area contributed by atoms with Crippen molar-refractivity contribution in [3.05, 3.63) is 0 Å². The van der Waals surface area contributed by atoms with Crippen molar-refractivity contribution in [1.82, 2.24) is 0 Å². The number of aliphatic carboxylic acids is 1. The van der Waals surface area contributed by atoms with Crippen LogP contribution in [-0.2, 0) is 42.9 Å². The number of nitrogens with two attached hydrogens (primary N) is 1. The maximum Gasteiger partial charge on any atom is 0.308 e. The van der Waals surface area contributed by atoms with E-state index in [1.807, 2.05) is 41.5 Å². The number of methoxy groups -OCH3 is 2. The lowest BCUT2D eigenvalue weighted by Gasteiger charge is -2.20. The zero-order valence-electron chi connectivity index (χ0n) is 27.4. The van der Waals surface area contributed by atoms with Gasteiger partial charge in [-0.15, -0.1) is 0 Å². The summed E-state index contributed by atoms with van der Waals surface area (Å²) in [7, 11) is 2.83. The Morgan fingerprint density at radius 3 is 1.33 bits per heavy atom. The maximum atomic E-state index is 11.6. The van der Waals surface area contributed by atoms with Crippen LogP contribution >= 0.6 is 0 Å². The second-order valence-electron chi connectivity index (χ2n) is 14.0. The average molecular weight is 614 g/mol. The van der Waals surface area contributed by atoms with Gasteiger partial charge in [-0.2, -0.15) is 0 Å². The summed E-state index contributed by atoms with van der Waals surface area (Å²) in [5, 5.41) is 8.84. The molecule has 0 aromatic rings. The summed E-state index contributed by atoms with van der Waals surface area (Å²) < 4.78 is 19.8. The maximum absolute atomic E-state index is 11.6. The number of carbonyl (C=O) groups is 5. The van der Waals surface area contributed by atoms with E-state index in [-0.39, 0.29) is 59.5 Å². The fourth-order valence-electron chi connectivity index (χ4n) is 5.76. The third kappa shape index (κ3) is 16.1. The van der Waals surface area contributed by atoms with E-state index in [4.69, 9.17) is 25.1 Å². The van der Waals surface area contributed by atoms with E-state index in [9.17, 15) is 24.0 Å². The van der Waals surface area contributed by atoms with Crippen molar-refractivity contribution >= 4 is 29.8 Å². The number of esters is 4. The van der Waals surface area contributed by atoms with Gasteiger partial charge < -0.3 is 29.8 Å². The van der Waals surface area contributed by atoms with E-state index in [0.717, 1.165) is 44.9 Å². The van der Waals surface area contributed by atoms with Gasteiger partial charge in [0.05, 0.1) is 32.0 Å². The predicted molar refractivity (Wildman–Crippen MR) is 160 cm³/mol. The van der Waals surface area contributed by atoms with Gasteiger partial charge in [-0.3, -0.25) is 24.0 Å². The zero-order chi connectivity index (χ0) is 33.0. The molecule has 3 aliphatic rings. The summed E-state index contributed by atoms with van der Waals surface area (Å²) in [4.78, 5) is 56.1. The Labute approximate surface area is 256 Å². The minimum Gasteiger partial charge on any atom is -0.481 e. The molecular weight excluding hydrogens is 558 g/mol. The number of ether oxygens (including phenoxy) is 4.